The van der Waals surface area contributed by atoms with Crippen molar-refractivity contribution in [1.29, 1.82) is 0 Å². The summed E-state index contributed by atoms with van der Waals surface area (Å²) in [6.45, 7) is 6.20. The number of rotatable bonds is 12. The molecule has 38 heavy (non-hydrogen) atoms. The average molecular weight is 517 g/mol. The van der Waals surface area contributed by atoms with Gasteiger partial charge in [0.1, 0.15) is 0 Å². The zero-order valence-electron chi connectivity index (χ0n) is 22.2. The highest BCUT2D eigenvalue weighted by molar-refractivity contribution is 6.00. The molecule has 2 aromatic carbocycles. The van der Waals surface area contributed by atoms with E-state index in [9.17, 15) is 19.5 Å². The number of para-hydroxylation sites is 1. The van der Waals surface area contributed by atoms with Gasteiger partial charge in [-0.25, -0.2) is 4.79 Å². The molecule has 1 unspecified atom stereocenters. The normalized spacial score (nSPS) is 11.9. The van der Waals surface area contributed by atoms with Crippen LogP contribution in [0.3, 0.4) is 0 Å². The number of carbonyl (C=O) groups excluding carboxylic acids is 2. The van der Waals surface area contributed by atoms with Crippen molar-refractivity contribution in [3.8, 4) is 0 Å². The van der Waals surface area contributed by atoms with Crippen molar-refractivity contribution in [2.24, 2.45) is 5.41 Å². The van der Waals surface area contributed by atoms with Crippen LogP contribution in [0, 0.1) is 12.3 Å². The highest BCUT2D eigenvalue weighted by Crippen LogP contribution is 2.29. The molecule has 1 atom stereocenters. The van der Waals surface area contributed by atoms with Gasteiger partial charge in [0.05, 0.1) is 12.5 Å². The summed E-state index contributed by atoms with van der Waals surface area (Å²) in [6.07, 6.45) is 5.68. The largest absolute Gasteiger partial charge is 0.481 e. The predicted molar refractivity (Wildman–Crippen MR) is 149 cm³/mol. The number of aryl methyl sites for hydroxylation is 2. The van der Waals surface area contributed by atoms with E-state index < -0.39 is 12.0 Å². The summed E-state index contributed by atoms with van der Waals surface area (Å²) in [7, 11) is 0. The van der Waals surface area contributed by atoms with Crippen LogP contribution in [0.2, 0.25) is 0 Å². The Morgan fingerprint density at radius 3 is 2.34 bits per heavy atom. The molecule has 0 aliphatic carbocycles. The Morgan fingerprint density at radius 2 is 1.68 bits per heavy atom. The fourth-order valence-electron chi connectivity index (χ4n) is 4.09. The number of nitrogens with zero attached hydrogens (tertiary/aromatic N) is 1. The third-order valence-corrected chi connectivity index (χ3v) is 6.53. The number of aromatic nitrogens is 1. The molecule has 0 bridgehead atoms. The lowest BCUT2D eigenvalue weighted by atomic mass is 9.82. The molecule has 0 saturated heterocycles. The Labute approximate surface area is 223 Å². The summed E-state index contributed by atoms with van der Waals surface area (Å²) in [6, 6.07) is 18.0. The van der Waals surface area contributed by atoms with Crippen LogP contribution in [-0.4, -0.2) is 28.0 Å². The second kappa shape index (κ2) is 13.4. The van der Waals surface area contributed by atoms with Gasteiger partial charge in [-0.1, -0.05) is 50.2 Å². The lowest BCUT2D eigenvalue weighted by Crippen LogP contribution is -2.31. The molecule has 3 aromatic rings. The fourth-order valence-corrected chi connectivity index (χ4v) is 4.09. The van der Waals surface area contributed by atoms with Crippen molar-refractivity contribution in [3.63, 3.8) is 0 Å². The quantitative estimate of drug-likeness (QED) is 0.232. The molecular weight excluding hydrogens is 480 g/mol. The molecule has 4 N–H and O–H groups in total. The third-order valence-electron chi connectivity index (χ3n) is 6.53. The Hall–Kier alpha value is -4.20. The maximum atomic E-state index is 12.6. The number of carbonyl (C=O) groups is 3. The molecule has 8 heteroatoms. The van der Waals surface area contributed by atoms with E-state index in [2.05, 4.69) is 34.8 Å². The summed E-state index contributed by atoms with van der Waals surface area (Å²) in [5.41, 5.74) is 4.20. The predicted octanol–water partition coefficient (Wildman–Crippen LogP) is 6.11. The molecular formula is C30H36N4O4. The number of aliphatic carboxylic acids is 1. The van der Waals surface area contributed by atoms with Crippen molar-refractivity contribution in [2.75, 3.05) is 10.6 Å². The van der Waals surface area contributed by atoms with Crippen LogP contribution in [-0.2, 0) is 16.0 Å². The number of carboxylic acid groups (broad SMARTS) is 1. The molecule has 0 fully saturated rings. The van der Waals surface area contributed by atoms with E-state index in [0.29, 0.717) is 24.1 Å². The number of hydrogen-bond donors (Lipinski definition) is 4. The van der Waals surface area contributed by atoms with Crippen LogP contribution in [0.25, 0.3) is 0 Å². The summed E-state index contributed by atoms with van der Waals surface area (Å²) in [4.78, 5) is 40.2. The zero-order chi connectivity index (χ0) is 27.5. The van der Waals surface area contributed by atoms with Gasteiger partial charge in [-0.2, -0.15) is 0 Å². The average Bonchev–Trinajstić information content (AvgIpc) is 2.88. The lowest BCUT2D eigenvalue weighted by Gasteiger charge is -2.25. The van der Waals surface area contributed by atoms with E-state index in [1.807, 2.05) is 55.5 Å². The highest BCUT2D eigenvalue weighted by atomic mass is 16.4. The first-order valence-corrected chi connectivity index (χ1v) is 12.7. The molecule has 200 valence electrons. The number of amides is 3. The lowest BCUT2D eigenvalue weighted by molar-refractivity contribution is -0.137. The molecule has 0 radical (unpaired) electrons. The van der Waals surface area contributed by atoms with Gasteiger partial charge < -0.3 is 21.1 Å². The number of benzene rings is 2. The van der Waals surface area contributed by atoms with Crippen molar-refractivity contribution in [3.05, 3.63) is 89.7 Å². The van der Waals surface area contributed by atoms with Crippen LogP contribution in [0.15, 0.2) is 73.1 Å². The van der Waals surface area contributed by atoms with Gasteiger partial charge in [0.2, 0.25) is 5.91 Å². The van der Waals surface area contributed by atoms with E-state index in [1.165, 1.54) is 0 Å². The van der Waals surface area contributed by atoms with Crippen LogP contribution in [0.5, 0.6) is 0 Å². The van der Waals surface area contributed by atoms with Crippen molar-refractivity contribution >= 4 is 29.3 Å². The third kappa shape index (κ3) is 9.35. The fraction of sp³-hybridized carbons (Fsp3) is 0.333. The summed E-state index contributed by atoms with van der Waals surface area (Å²) >= 11 is 0. The Balaban J connectivity index is 1.45. The zero-order valence-corrected chi connectivity index (χ0v) is 22.2. The topological polar surface area (TPSA) is 120 Å². The minimum Gasteiger partial charge on any atom is -0.481 e. The van der Waals surface area contributed by atoms with Gasteiger partial charge in [0, 0.05) is 30.2 Å². The SMILES string of the molecule is Cc1ccccc1NC(=O)Nc1ccc(CCC(C)(C)CCC(=O)NC(CC(=O)O)c2cccnc2)cc1. The first-order chi connectivity index (χ1) is 18.1. The molecule has 3 amide bonds. The standard InChI is InChI=1S/C30H36N4O4/c1-21-7-4-5-9-25(21)34-29(38)32-24-12-10-22(11-13-24)14-16-30(2,3)17-15-27(35)33-26(19-28(36)37)23-8-6-18-31-20-23/h4-13,18,20,26H,14-17,19H2,1-3H3,(H,33,35)(H,36,37)(H2,32,34,38). The maximum absolute atomic E-state index is 12.6. The molecule has 0 aliphatic heterocycles. The van der Waals surface area contributed by atoms with Gasteiger partial charge in [-0.15, -0.1) is 0 Å². The van der Waals surface area contributed by atoms with Crippen molar-refractivity contribution in [1.82, 2.24) is 10.3 Å². The second-order valence-corrected chi connectivity index (χ2v) is 10.3. The number of anilines is 2. The molecule has 1 heterocycles. The molecule has 3 rings (SSSR count). The van der Waals surface area contributed by atoms with E-state index in [0.717, 1.165) is 29.7 Å². The van der Waals surface area contributed by atoms with E-state index in [4.69, 9.17) is 0 Å². The number of carboxylic acids is 1. The van der Waals surface area contributed by atoms with Gasteiger partial charge in [0.15, 0.2) is 0 Å². The Bertz CT molecular complexity index is 1230. The van der Waals surface area contributed by atoms with E-state index in [-0.39, 0.29) is 23.8 Å². The maximum Gasteiger partial charge on any atom is 0.323 e. The molecule has 0 saturated carbocycles. The van der Waals surface area contributed by atoms with Crippen LogP contribution < -0.4 is 16.0 Å². The summed E-state index contributed by atoms with van der Waals surface area (Å²) < 4.78 is 0. The Kier molecular flexibility index (Phi) is 9.99. The van der Waals surface area contributed by atoms with Crippen molar-refractivity contribution < 1.29 is 19.5 Å². The first kappa shape index (κ1) is 28.4. The number of hydrogen-bond acceptors (Lipinski definition) is 4. The first-order valence-electron chi connectivity index (χ1n) is 12.7. The van der Waals surface area contributed by atoms with Gasteiger partial charge >= 0.3 is 12.0 Å². The minimum absolute atomic E-state index is 0.0850. The molecule has 1 aromatic heterocycles. The number of pyridine rings is 1. The number of urea groups is 1. The monoisotopic (exact) mass is 516 g/mol. The summed E-state index contributed by atoms with van der Waals surface area (Å²) in [5.74, 6) is -1.15. The van der Waals surface area contributed by atoms with E-state index in [1.54, 1.807) is 24.5 Å². The number of nitrogens with one attached hydrogen (secondary N) is 3. The smallest absolute Gasteiger partial charge is 0.323 e. The Morgan fingerprint density at radius 1 is 0.947 bits per heavy atom. The van der Waals surface area contributed by atoms with E-state index >= 15 is 0 Å². The van der Waals surface area contributed by atoms with Crippen LogP contribution >= 0.6 is 0 Å². The van der Waals surface area contributed by atoms with Gasteiger partial charge in [0.25, 0.3) is 0 Å². The molecule has 8 nitrogen and oxygen atoms in total. The minimum atomic E-state index is -0.979. The highest BCUT2D eigenvalue weighted by Gasteiger charge is 2.22. The molecule has 0 aliphatic rings. The van der Waals surface area contributed by atoms with Crippen LogP contribution in [0.4, 0.5) is 16.2 Å². The van der Waals surface area contributed by atoms with Gasteiger partial charge in [-0.3, -0.25) is 14.6 Å². The van der Waals surface area contributed by atoms with Gasteiger partial charge in [-0.05, 0) is 72.6 Å². The molecule has 0 spiro atoms. The van der Waals surface area contributed by atoms with Crippen LogP contribution in [0.1, 0.15) is 62.3 Å². The second-order valence-electron chi connectivity index (χ2n) is 10.3. The van der Waals surface area contributed by atoms with Crippen molar-refractivity contribution in [2.45, 2.75) is 58.9 Å². The summed E-state index contributed by atoms with van der Waals surface area (Å²) in [5, 5.41) is 17.8.